The van der Waals surface area contributed by atoms with Crippen molar-refractivity contribution in [1.82, 2.24) is 25.1 Å². The van der Waals surface area contributed by atoms with E-state index in [4.69, 9.17) is 4.74 Å². The van der Waals surface area contributed by atoms with Crippen LogP contribution in [0.25, 0.3) is 5.65 Å². The Balaban J connectivity index is 1.44. The summed E-state index contributed by atoms with van der Waals surface area (Å²) in [7, 11) is 0. The van der Waals surface area contributed by atoms with E-state index in [9.17, 15) is 4.79 Å². The maximum absolute atomic E-state index is 12.1. The first-order valence-corrected chi connectivity index (χ1v) is 8.68. The van der Waals surface area contributed by atoms with Gasteiger partial charge in [-0.2, -0.15) is 4.52 Å². The van der Waals surface area contributed by atoms with Gasteiger partial charge in [-0.05, 0) is 24.3 Å². The molecule has 26 heavy (non-hydrogen) atoms. The molecule has 8 heteroatoms. The van der Waals surface area contributed by atoms with E-state index in [1.165, 1.54) is 0 Å². The molecule has 134 valence electrons. The first-order chi connectivity index (χ1) is 12.8. The number of nitrogens with one attached hydrogen (secondary N) is 1. The van der Waals surface area contributed by atoms with Crippen molar-refractivity contribution in [2.45, 2.75) is 6.42 Å². The smallest absolute Gasteiger partial charge is 0.251 e. The maximum Gasteiger partial charge on any atom is 0.251 e. The Morgan fingerprint density at radius 2 is 1.88 bits per heavy atom. The molecular weight excluding hydrogens is 332 g/mol. The van der Waals surface area contributed by atoms with Crippen LogP contribution >= 0.6 is 0 Å². The number of rotatable bonds is 5. The fourth-order valence-electron chi connectivity index (χ4n) is 2.92. The Labute approximate surface area is 150 Å². The van der Waals surface area contributed by atoms with Gasteiger partial charge in [0.15, 0.2) is 11.5 Å². The van der Waals surface area contributed by atoms with Crippen molar-refractivity contribution in [3.63, 3.8) is 0 Å². The van der Waals surface area contributed by atoms with Crippen LogP contribution in [0.4, 0.5) is 5.82 Å². The van der Waals surface area contributed by atoms with Gasteiger partial charge in [0, 0.05) is 31.6 Å². The topological polar surface area (TPSA) is 84.7 Å². The van der Waals surface area contributed by atoms with E-state index in [0.29, 0.717) is 37.4 Å². The second-order valence-corrected chi connectivity index (χ2v) is 6.05. The van der Waals surface area contributed by atoms with E-state index in [2.05, 4.69) is 25.5 Å². The van der Waals surface area contributed by atoms with Gasteiger partial charge in [-0.25, -0.2) is 0 Å². The number of fused-ring (bicyclic) bond motifs is 1. The van der Waals surface area contributed by atoms with Crippen LogP contribution in [0.15, 0.2) is 42.5 Å². The van der Waals surface area contributed by atoms with Crippen LogP contribution in [0, 0.1) is 0 Å². The van der Waals surface area contributed by atoms with Crippen molar-refractivity contribution in [2.75, 3.05) is 37.7 Å². The lowest BCUT2D eigenvalue weighted by Crippen LogP contribution is -2.37. The Morgan fingerprint density at radius 1 is 1.08 bits per heavy atom. The number of hydrogen-bond donors (Lipinski definition) is 1. The molecule has 1 aromatic carbocycles. The Kier molecular flexibility index (Phi) is 4.74. The molecule has 0 atom stereocenters. The molecule has 0 saturated carbocycles. The molecular formula is C18H20N6O2. The highest BCUT2D eigenvalue weighted by molar-refractivity contribution is 5.94. The number of aromatic nitrogens is 4. The molecule has 1 aliphatic rings. The number of nitrogens with zero attached hydrogens (tertiary/aromatic N) is 5. The van der Waals surface area contributed by atoms with Gasteiger partial charge in [0.2, 0.25) is 0 Å². The lowest BCUT2D eigenvalue weighted by Gasteiger charge is -2.27. The van der Waals surface area contributed by atoms with Crippen LogP contribution in [0.1, 0.15) is 16.2 Å². The minimum absolute atomic E-state index is 0.0959. The van der Waals surface area contributed by atoms with Crippen LogP contribution in [-0.4, -0.2) is 58.6 Å². The minimum atomic E-state index is -0.0959. The van der Waals surface area contributed by atoms with Crippen LogP contribution in [0.2, 0.25) is 0 Å². The second kappa shape index (κ2) is 7.49. The molecule has 0 unspecified atom stereocenters. The van der Waals surface area contributed by atoms with Gasteiger partial charge in [-0.1, -0.05) is 18.2 Å². The van der Waals surface area contributed by atoms with Crippen molar-refractivity contribution in [1.29, 1.82) is 0 Å². The summed E-state index contributed by atoms with van der Waals surface area (Å²) >= 11 is 0. The highest BCUT2D eigenvalue weighted by Crippen LogP contribution is 2.14. The van der Waals surface area contributed by atoms with Gasteiger partial charge in [-0.3, -0.25) is 4.79 Å². The summed E-state index contributed by atoms with van der Waals surface area (Å²) in [5, 5.41) is 15.9. The summed E-state index contributed by atoms with van der Waals surface area (Å²) in [5.41, 5.74) is 1.35. The van der Waals surface area contributed by atoms with E-state index in [0.717, 1.165) is 24.7 Å². The highest BCUT2D eigenvalue weighted by Gasteiger charge is 2.15. The third kappa shape index (κ3) is 3.50. The number of hydrogen-bond acceptors (Lipinski definition) is 6. The van der Waals surface area contributed by atoms with Crippen LogP contribution < -0.4 is 10.2 Å². The fraction of sp³-hybridized carbons (Fsp3) is 0.333. The van der Waals surface area contributed by atoms with E-state index in [1.54, 1.807) is 16.6 Å². The molecule has 0 spiro atoms. The molecule has 1 saturated heterocycles. The van der Waals surface area contributed by atoms with Gasteiger partial charge in [0.1, 0.15) is 5.82 Å². The summed E-state index contributed by atoms with van der Waals surface area (Å²) < 4.78 is 7.14. The molecule has 0 radical (unpaired) electrons. The predicted octanol–water partition coefficient (Wildman–Crippen LogP) is 0.933. The summed E-state index contributed by atoms with van der Waals surface area (Å²) in [5.74, 6) is 1.51. The number of carbonyl (C=O) groups excluding carboxylic acids is 1. The van der Waals surface area contributed by atoms with Gasteiger partial charge >= 0.3 is 0 Å². The van der Waals surface area contributed by atoms with Gasteiger partial charge in [0.05, 0.1) is 13.2 Å². The molecule has 1 fully saturated rings. The summed E-state index contributed by atoms with van der Waals surface area (Å²) in [6.07, 6.45) is 0.555. The van der Waals surface area contributed by atoms with E-state index >= 15 is 0 Å². The molecule has 1 N–H and O–H groups in total. The average Bonchev–Trinajstić information content (AvgIpc) is 3.11. The van der Waals surface area contributed by atoms with Crippen molar-refractivity contribution >= 4 is 17.4 Å². The van der Waals surface area contributed by atoms with Gasteiger partial charge in [0.25, 0.3) is 5.91 Å². The van der Waals surface area contributed by atoms with Crippen molar-refractivity contribution in [2.24, 2.45) is 0 Å². The first kappa shape index (κ1) is 16.5. The largest absolute Gasteiger partial charge is 0.378 e. The van der Waals surface area contributed by atoms with Crippen molar-refractivity contribution in [3.05, 3.63) is 53.9 Å². The Hall–Kier alpha value is -3.00. The third-order valence-corrected chi connectivity index (χ3v) is 4.32. The average molecular weight is 352 g/mol. The van der Waals surface area contributed by atoms with Crippen molar-refractivity contribution < 1.29 is 9.53 Å². The number of benzene rings is 1. The first-order valence-electron chi connectivity index (χ1n) is 8.68. The lowest BCUT2D eigenvalue weighted by atomic mass is 10.2. The van der Waals surface area contributed by atoms with E-state index < -0.39 is 0 Å². The number of anilines is 1. The quantitative estimate of drug-likeness (QED) is 0.735. The summed E-state index contributed by atoms with van der Waals surface area (Å²) in [6, 6.07) is 13.0. The molecule has 4 rings (SSSR count). The number of morpholine rings is 1. The summed E-state index contributed by atoms with van der Waals surface area (Å²) in [6.45, 7) is 3.53. The second-order valence-electron chi connectivity index (χ2n) is 6.05. The third-order valence-electron chi connectivity index (χ3n) is 4.32. The molecule has 3 aromatic rings. The number of carbonyl (C=O) groups is 1. The zero-order valence-electron chi connectivity index (χ0n) is 14.3. The molecule has 8 nitrogen and oxygen atoms in total. The van der Waals surface area contributed by atoms with Crippen LogP contribution in [-0.2, 0) is 11.2 Å². The monoisotopic (exact) mass is 352 g/mol. The van der Waals surface area contributed by atoms with Crippen LogP contribution in [0.5, 0.6) is 0 Å². The molecule has 3 heterocycles. The van der Waals surface area contributed by atoms with E-state index in [-0.39, 0.29) is 5.91 Å². The van der Waals surface area contributed by atoms with Crippen molar-refractivity contribution in [3.8, 4) is 0 Å². The normalized spacial score (nSPS) is 14.5. The zero-order valence-corrected chi connectivity index (χ0v) is 14.3. The Bertz CT molecular complexity index is 889. The zero-order chi connectivity index (χ0) is 17.8. The molecule has 0 aliphatic carbocycles. The standard InChI is InChI=1S/C18H20N6O2/c25-18(14-4-2-1-3-5-14)19-9-8-16-21-20-15-6-7-17(22-24(15)16)23-10-12-26-13-11-23/h1-7H,8-13H2,(H,19,25). The highest BCUT2D eigenvalue weighted by atomic mass is 16.5. The lowest BCUT2D eigenvalue weighted by molar-refractivity contribution is 0.0954. The van der Waals surface area contributed by atoms with Gasteiger partial charge < -0.3 is 15.0 Å². The number of ether oxygens (including phenoxy) is 1. The maximum atomic E-state index is 12.1. The predicted molar refractivity (Wildman–Crippen MR) is 96.3 cm³/mol. The van der Waals surface area contributed by atoms with Crippen LogP contribution in [0.3, 0.4) is 0 Å². The summed E-state index contributed by atoms with van der Waals surface area (Å²) in [4.78, 5) is 14.3. The molecule has 1 aliphatic heterocycles. The molecule has 2 aromatic heterocycles. The SMILES string of the molecule is O=C(NCCc1nnc2ccc(N3CCOCC3)nn12)c1ccccc1. The Morgan fingerprint density at radius 3 is 2.69 bits per heavy atom. The fourth-order valence-corrected chi connectivity index (χ4v) is 2.92. The molecule has 0 bridgehead atoms. The number of amides is 1. The minimum Gasteiger partial charge on any atom is -0.378 e. The van der Waals surface area contributed by atoms with Gasteiger partial charge in [-0.15, -0.1) is 15.3 Å². The molecule has 1 amide bonds. The van der Waals surface area contributed by atoms with E-state index in [1.807, 2.05) is 30.3 Å².